The van der Waals surface area contributed by atoms with E-state index in [-0.39, 0.29) is 6.04 Å². The Morgan fingerprint density at radius 3 is 2.78 bits per heavy atom. The van der Waals surface area contributed by atoms with Crippen molar-refractivity contribution in [2.45, 2.75) is 22.9 Å². The summed E-state index contributed by atoms with van der Waals surface area (Å²) >= 11 is 1.56. The number of methoxy groups -OCH3 is 1. The molecule has 0 aliphatic heterocycles. The highest BCUT2D eigenvalue weighted by Crippen LogP contribution is 2.36. The minimum atomic E-state index is -0.0921. The van der Waals surface area contributed by atoms with Crippen LogP contribution in [0.2, 0.25) is 0 Å². The Morgan fingerprint density at radius 2 is 2.17 bits per heavy atom. The summed E-state index contributed by atoms with van der Waals surface area (Å²) in [5.74, 6) is 0.809. The van der Waals surface area contributed by atoms with Crippen molar-refractivity contribution in [3.05, 3.63) is 42.4 Å². The maximum absolute atomic E-state index is 6.02. The predicted molar refractivity (Wildman–Crippen MR) is 71.8 cm³/mol. The van der Waals surface area contributed by atoms with Crippen LogP contribution in [-0.2, 0) is 0 Å². The average molecular weight is 261 g/mol. The topological polar surface area (TPSA) is 61.0 Å². The molecule has 0 saturated carbocycles. The van der Waals surface area contributed by atoms with Crippen molar-refractivity contribution in [2.24, 2.45) is 5.73 Å². The van der Waals surface area contributed by atoms with Crippen LogP contribution in [0, 0.1) is 0 Å². The maximum atomic E-state index is 6.02. The summed E-state index contributed by atoms with van der Waals surface area (Å²) in [5.41, 5.74) is 7.02. The molecule has 0 amide bonds. The highest BCUT2D eigenvalue weighted by atomic mass is 32.2. The number of nitrogens with zero attached hydrogens (tertiary/aromatic N) is 2. The predicted octanol–water partition coefficient (Wildman–Crippen LogP) is 2.66. The zero-order valence-electron chi connectivity index (χ0n) is 10.3. The Balaban J connectivity index is 2.38. The van der Waals surface area contributed by atoms with Gasteiger partial charge in [-0.2, -0.15) is 0 Å². The molecule has 18 heavy (non-hydrogen) atoms. The third kappa shape index (κ3) is 2.80. The smallest absolute Gasteiger partial charge is 0.124 e. The molecule has 1 heterocycles. The quantitative estimate of drug-likeness (QED) is 0.857. The standard InChI is InChI=1S/C13H15N3OS/c1-9(14)13-10(17-2)4-3-5-11(13)18-12-6-7-15-8-16-12/h3-9H,14H2,1-2H3/t9-/m0/s1. The third-order valence-corrected chi connectivity index (χ3v) is 3.50. The van der Waals surface area contributed by atoms with Gasteiger partial charge < -0.3 is 10.5 Å². The molecule has 2 rings (SSSR count). The number of nitrogens with two attached hydrogens (primary N) is 1. The second-order valence-electron chi connectivity index (χ2n) is 3.81. The number of ether oxygens (including phenoxy) is 1. The van der Waals surface area contributed by atoms with E-state index < -0.39 is 0 Å². The van der Waals surface area contributed by atoms with Gasteiger partial charge in [0.2, 0.25) is 0 Å². The van der Waals surface area contributed by atoms with Crippen molar-refractivity contribution < 1.29 is 4.74 Å². The van der Waals surface area contributed by atoms with Gasteiger partial charge in [0.05, 0.1) is 7.11 Å². The van der Waals surface area contributed by atoms with E-state index in [1.807, 2.05) is 31.2 Å². The molecule has 0 bridgehead atoms. The fourth-order valence-electron chi connectivity index (χ4n) is 1.69. The van der Waals surface area contributed by atoms with Crippen molar-refractivity contribution in [1.82, 2.24) is 9.97 Å². The van der Waals surface area contributed by atoms with E-state index in [0.29, 0.717) is 0 Å². The van der Waals surface area contributed by atoms with Crippen LogP contribution in [0.4, 0.5) is 0 Å². The molecule has 4 nitrogen and oxygen atoms in total. The third-order valence-electron chi connectivity index (χ3n) is 2.47. The van der Waals surface area contributed by atoms with Gasteiger partial charge in [0.15, 0.2) is 0 Å². The van der Waals surface area contributed by atoms with E-state index in [1.165, 1.54) is 6.33 Å². The SMILES string of the molecule is COc1cccc(Sc2ccncn2)c1[C@H](C)N. The Labute approximate surface area is 111 Å². The molecule has 1 aromatic heterocycles. The molecule has 0 radical (unpaired) electrons. The fourth-order valence-corrected chi connectivity index (χ4v) is 2.69. The van der Waals surface area contributed by atoms with Crippen LogP contribution in [0.3, 0.4) is 0 Å². The van der Waals surface area contributed by atoms with Crippen molar-refractivity contribution in [2.75, 3.05) is 7.11 Å². The molecule has 0 unspecified atom stereocenters. The van der Waals surface area contributed by atoms with Crippen molar-refractivity contribution >= 4 is 11.8 Å². The molecular formula is C13H15N3OS. The summed E-state index contributed by atoms with van der Waals surface area (Å²) in [4.78, 5) is 9.16. The van der Waals surface area contributed by atoms with Crippen molar-refractivity contribution in [3.63, 3.8) is 0 Å². The molecule has 5 heteroatoms. The number of hydrogen-bond acceptors (Lipinski definition) is 5. The lowest BCUT2D eigenvalue weighted by Gasteiger charge is -2.15. The summed E-state index contributed by atoms with van der Waals surface area (Å²) in [6, 6.07) is 7.67. The van der Waals surface area contributed by atoms with E-state index in [9.17, 15) is 0 Å². The second-order valence-corrected chi connectivity index (χ2v) is 4.87. The van der Waals surface area contributed by atoms with Gasteiger partial charge in [-0.3, -0.25) is 0 Å². The Hall–Kier alpha value is -1.59. The lowest BCUT2D eigenvalue weighted by molar-refractivity contribution is 0.405. The Kier molecular flexibility index (Phi) is 4.17. The van der Waals surface area contributed by atoms with E-state index in [1.54, 1.807) is 25.1 Å². The van der Waals surface area contributed by atoms with Gasteiger partial charge in [0.1, 0.15) is 17.1 Å². The van der Waals surface area contributed by atoms with E-state index in [0.717, 1.165) is 21.2 Å². The van der Waals surface area contributed by atoms with Crippen LogP contribution in [0.25, 0.3) is 0 Å². The lowest BCUT2D eigenvalue weighted by atomic mass is 10.1. The van der Waals surface area contributed by atoms with Gasteiger partial charge in [-0.15, -0.1) is 0 Å². The first-order valence-corrected chi connectivity index (χ1v) is 6.40. The minimum Gasteiger partial charge on any atom is -0.496 e. The van der Waals surface area contributed by atoms with Crippen LogP contribution < -0.4 is 10.5 Å². The monoisotopic (exact) mass is 261 g/mol. The molecule has 2 aromatic rings. The van der Waals surface area contributed by atoms with Gasteiger partial charge in [0.25, 0.3) is 0 Å². The number of rotatable bonds is 4. The van der Waals surface area contributed by atoms with Crippen LogP contribution in [-0.4, -0.2) is 17.1 Å². The summed E-state index contributed by atoms with van der Waals surface area (Å²) in [5, 5.41) is 0.889. The normalized spacial score (nSPS) is 12.2. The summed E-state index contributed by atoms with van der Waals surface area (Å²) < 4.78 is 5.36. The molecule has 0 aliphatic carbocycles. The molecule has 0 saturated heterocycles. The van der Waals surface area contributed by atoms with E-state index in [4.69, 9.17) is 10.5 Å². The van der Waals surface area contributed by atoms with Crippen molar-refractivity contribution in [1.29, 1.82) is 0 Å². The maximum Gasteiger partial charge on any atom is 0.124 e. The van der Waals surface area contributed by atoms with Crippen LogP contribution >= 0.6 is 11.8 Å². The number of aromatic nitrogens is 2. The number of hydrogen-bond donors (Lipinski definition) is 1. The van der Waals surface area contributed by atoms with Gasteiger partial charge in [-0.25, -0.2) is 9.97 Å². The van der Waals surface area contributed by atoms with E-state index in [2.05, 4.69) is 9.97 Å². The van der Waals surface area contributed by atoms with Gasteiger partial charge in [0, 0.05) is 22.7 Å². The number of benzene rings is 1. The Morgan fingerprint density at radius 1 is 1.33 bits per heavy atom. The zero-order chi connectivity index (χ0) is 13.0. The van der Waals surface area contributed by atoms with Gasteiger partial charge in [-0.1, -0.05) is 17.8 Å². The first-order valence-electron chi connectivity index (χ1n) is 5.58. The fraction of sp³-hybridized carbons (Fsp3) is 0.231. The van der Waals surface area contributed by atoms with Crippen molar-refractivity contribution in [3.8, 4) is 5.75 Å². The highest BCUT2D eigenvalue weighted by molar-refractivity contribution is 7.99. The Bertz CT molecular complexity index is 517. The van der Waals surface area contributed by atoms with Crippen LogP contribution in [0.1, 0.15) is 18.5 Å². The zero-order valence-corrected chi connectivity index (χ0v) is 11.1. The molecule has 94 valence electrons. The lowest BCUT2D eigenvalue weighted by Crippen LogP contribution is -2.08. The molecule has 1 atom stereocenters. The van der Waals surface area contributed by atoms with Crippen LogP contribution in [0.15, 0.2) is 46.7 Å². The molecular weight excluding hydrogens is 246 g/mol. The molecule has 2 N–H and O–H groups in total. The molecule has 1 aromatic carbocycles. The van der Waals surface area contributed by atoms with Gasteiger partial charge >= 0.3 is 0 Å². The summed E-state index contributed by atoms with van der Waals surface area (Å²) in [6.45, 7) is 1.95. The highest BCUT2D eigenvalue weighted by Gasteiger charge is 2.14. The second kappa shape index (κ2) is 5.84. The summed E-state index contributed by atoms with van der Waals surface area (Å²) in [7, 11) is 1.65. The van der Waals surface area contributed by atoms with Gasteiger partial charge in [-0.05, 0) is 25.1 Å². The molecule has 0 aliphatic rings. The first kappa shape index (κ1) is 12.9. The molecule has 0 fully saturated rings. The minimum absolute atomic E-state index is 0.0921. The summed E-state index contributed by atoms with van der Waals surface area (Å²) in [6.07, 6.45) is 3.26. The largest absolute Gasteiger partial charge is 0.496 e. The van der Waals surface area contributed by atoms with E-state index >= 15 is 0 Å². The first-order chi connectivity index (χ1) is 8.72. The molecule has 0 spiro atoms. The van der Waals surface area contributed by atoms with Crippen LogP contribution in [0.5, 0.6) is 5.75 Å². The average Bonchev–Trinajstić information content (AvgIpc) is 2.39.